The van der Waals surface area contributed by atoms with Crippen molar-refractivity contribution >= 4 is 64.5 Å². The van der Waals surface area contributed by atoms with Crippen LogP contribution in [0.3, 0.4) is 0 Å². The highest BCUT2D eigenvalue weighted by atomic mass is 35.5. The van der Waals surface area contributed by atoms with Gasteiger partial charge in [0.2, 0.25) is 0 Å². The van der Waals surface area contributed by atoms with Crippen LogP contribution < -0.4 is 10.8 Å². The third kappa shape index (κ3) is 4.79. The SMILES string of the molecule is CC(C)(NC(=O)c1ccc(C2=NOC(C)(c3cc(Cl)c(Cl)c(Cl)c3)C2)c2cccn12)c1ccc2c(c1)B(O)OC2(C)C. The first-order valence-electron chi connectivity index (χ1n) is 13.5. The Morgan fingerprint density at radius 1 is 1.07 bits per heavy atom. The fourth-order valence-corrected chi connectivity index (χ4v) is 6.39. The molecule has 6 rings (SSSR count). The van der Waals surface area contributed by atoms with Crippen molar-refractivity contribution in [1.29, 1.82) is 0 Å². The predicted octanol–water partition coefficient (Wildman–Crippen LogP) is 6.56. The van der Waals surface area contributed by atoms with Gasteiger partial charge in [-0.2, -0.15) is 0 Å². The Hall–Kier alpha value is -3.01. The van der Waals surface area contributed by atoms with Crippen LogP contribution in [0.25, 0.3) is 5.52 Å². The molecule has 11 heteroatoms. The predicted molar refractivity (Wildman–Crippen MR) is 167 cm³/mol. The molecule has 1 amide bonds. The molecule has 2 aliphatic rings. The van der Waals surface area contributed by atoms with Crippen molar-refractivity contribution < 1.29 is 19.3 Å². The number of oxime groups is 1. The number of hydrogen-bond acceptors (Lipinski definition) is 5. The molecule has 0 aliphatic carbocycles. The lowest BCUT2D eigenvalue weighted by Crippen LogP contribution is -2.42. The zero-order valence-corrected chi connectivity index (χ0v) is 26.0. The first kappa shape index (κ1) is 29.1. The minimum Gasteiger partial charge on any atom is -0.423 e. The van der Waals surface area contributed by atoms with Gasteiger partial charge in [0.15, 0.2) is 5.60 Å². The lowest BCUT2D eigenvalue weighted by atomic mass is 9.75. The standard InChI is InChI=1S/C31H29BCl3N3O4/c1-29(2,17-8-10-20-21(13-17)32(40)41-30(20,3)4)36-28(39)26-11-9-19(25-7-6-12-38(25)26)24-16-31(5,42-37-24)18-14-22(33)27(35)23(34)15-18/h6-15,40H,16H2,1-5H3,(H,36,39). The molecular weight excluding hydrogens is 596 g/mol. The fraction of sp³-hybridized carbons (Fsp3) is 0.290. The molecule has 4 heterocycles. The van der Waals surface area contributed by atoms with Crippen LogP contribution in [0.2, 0.25) is 15.1 Å². The van der Waals surface area contributed by atoms with E-state index in [0.29, 0.717) is 32.6 Å². The van der Waals surface area contributed by atoms with Gasteiger partial charge in [0.25, 0.3) is 5.91 Å². The number of fused-ring (bicyclic) bond motifs is 2. The maximum atomic E-state index is 13.7. The van der Waals surface area contributed by atoms with Crippen LogP contribution in [-0.2, 0) is 26.2 Å². The van der Waals surface area contributed by atoms with Crippen LogP contribution in [0.4, 0.5) is 0 Å². The molecule has 0 bridgehead atoms. The molecule has 1 atom stereocenters. The monoisotopic (exact) mass is 623 g/mol. The van der Waals surface area contributed by atoms with E-state index >= 15 is 0 Å². The number of amides is 1. The quantitative estimate of drug-likeness (QED) is 0.195. The van der Waals surface area contributed by atoms with E-state index in [1.165, 1.54) is 0 Å². The minimum atomic E-state index is -1.01. The number of carbonyl (C=O) groups excluding carboxylic acids is 1. The van der Waals surface area contributed by atoms with Crippen LogP contribution in [0.15, 0.2) is 65.9 Å². The smallest absolute Gasteiger partial charge is 0.423 e. The molecule has 0 radical (unpaired) electrons. The second-order valence-electron chi connectivity index (χ2n) is 12.0. The van der Waals surface area contributed by atoms with Crippen LogP contribution in [0.1, 0.15) is 73.8 Å². The van der Waals surface area contributed by atoms with Gasteiger partial charge in [-0.15, -0.1) is 0 Å². The number of carbonyl (C=O) groups is 1. The molecular formula is C31H29BCl3N3O4. The van der Waals surface area contributed by atoms with E-state index in [0.717, 1.165) is 33.5 Å². The van der Waals surface area contributed by atoms with E-state index in [1.807, 2.05) is 81.6 Å². The summed E-state index contributed by atoms with van der Waals surface area (Å²) in [6, 6.07) is 16.8. The Kier molecular flexibility index (Phi) is 6.95. The summed E-state index contributed by atoms with van der Waals surface area (Å²) in [4.78, 5) is 19.6. The highest BCUT2D eigenvalue weighted by molar-refractivity contribution is 6.62. The molecule has 0 saturated carbocycles. The molecule has 4 aromatic rings. The van der Waals surface area contributed by atoms with E-state index in [9.17, 15) is 9.82 Å². The summed E-state index contributed by atoms with van der Waals surface area (Å²) in [7, 11) is -1.01. The van der Waals surface area contributed by atoms with Crippen LogP contribution in [0.5, 0.6) is 0 Å². The van der Waals surface area contributed by atoms with E-state index in [-0.39, 0.29) is 5.91 Å². The number of rotatable bonds is 5. The second-order valence-corrected chi connectivity index (χ2v) is 13.2. The van der Waals surface area contributed by atoms with Gasteiger partial charge < -0.3 is 24.2 Å². The summed E-state index contributed by atoms with van der Waals surface area (Å²) in [6.45, 7) is 9.63. The second kappa shape index (κ2) is 10.0. The Labute approximate surface area is 259 Å². The first-order chi connectivity index (χ1) is 19.7. The van der Waals surface area contributed by atoms with Gasteiger partial charge in [0.1, 0.15) is 5.69 Å². The molecule has 2 aromatic heterocycles. The van der Waals surface area contributed by atoms with Crippen LogP contribution in [-0.4, -0.2) is 28.2 Å². The highest BCUT2D eigenvalue weighted by Crippen LogP contribution is 2.41. The van der Waals surface area contributed by atoms with Gasteiger partial charge in [0.05, 0.1) is 37.4 Å². The summed E-state index contributed by atoms with van der Waals surface area (Å²) in [5.74, 6) is -0.245. The third-order valence-electron chi connectivity index (χ3n) is 8.21. The molecule has 42 heavy (non-hydrogen) atoms. The summed E-state index contributed by atoms with van der Waals surface area (Å²) in [6.07, 6.45) is 2.31. The Morgan fingerprint density at radius 3 is 2.50 bits per heavy atom. The molecule has 0 saturated heterocycles. The van der Waals surface area contributed by atoms with Gasteiger partial charge in [-0.05, 0) is 87.6 Å². The number of benzene rings is 2. The van der Waals surface area contributed by atoms with E-state index < -0.39 is 23.9 Å². The van der Waals surface area contributed by atoms with Crippen molar-refractivity contribution in [3.8, 4) is 0 Å². The maximum absolute atomic E-state index is 13.7. The zero-order chi connectivity index (χ0) is 30.2. The number of hydrogen-bond donors (Lipinski definition) is 2. The Morgan fingerprint density at radius 2 is 1.79 bits per heavy atom. The van der Waals surface area contributed by atoms with Crippen LogP contribution >= 0.6 is 34.8 Å². The summed E-state index contributed by atoms with van der Waals surface area (Å²) in [5, 5.41) is 19.0. The molecule has 1 unspecified atom stereocenters. The molecule has 2 aliphatic heterocycles. The van der Waals surface area contributed by atoms with Crippen molar-refractivity contribution in [1.82, 2.24) is 9.72 Å². The largest absolute Gasteiger partial charge is 0.492 e. The fourth-order valence-electron chi connectivity index (χ4n) is 5.80. The Balaban J connectivity index is 1.26. The van der Waals surface area contributed by atoms with Crippen molar-refractivity contribution in [3.05, 3.63) is 104 Å². The van der Waals surface area contributed by atoms with Crippen LogP contribution in [0, 0.1) is 0 Å². The average Bonchev–Trinajstić information content (AvgIpc) is 3.63. The zero-order valence-electron chi connectivity index (χ0n) is 23.8. The number of nitrogens with zero attached hydrogens (tertiary/aromatic N) is 2. The van der Waals surface area contributed by atoms with Gasteiger partial charge in [0, 0.05) is 23.7 Å². The van der Waals surface area contributed by atoms with Gasteiger partial charge in [-0.3, -0.25) is 4.79 Å². The molecule has 0 fully saturated rings. The molecule has 2 N–H and O–H groups in total. The number of halogens is 3. The molecule has 2 aromatic carbocycles. The average molecular weight is 625 g/mol. The first-order valence-corrected chi connectivity index (χ1v) is 14.7. The minimum absolute atomic E-state index is 0.245. The molecule has 7 nitrogen and oxygen atoms in total. The van der Waals surface area contributed by atoms with Crippen molar-refractivity contribution in [2.75, 3.05) is 0 Å². The van der Waals surface area contributed by atoms with Gasteiger partial charge in [-0.25, -0.2) is 0 Å². The van der Waals surface area contributed by atoms with Crippen molar-refractivity contribution in [2.24, 2.45) is 5.16 Å². The van der Waals surface area contributed by atoms with Gasteiger partial charge >= 0.3 is 7.12 Å². The summed E-state index contributed by atoms with van der Waals surface area (Å²) in [5.41, 5.74) is 4.03. The topological polar surface area (TPSA) is 84.6 Å². The lowest BCUT2D eigenvalue weighted by molar-refractivity contribution is -0.00737. The summed E-state index contributed by atoms with van der Waals surface area (Å²) >= 11 is 18.7. The van der Waals surface area contributed by atoms with Gasteiger partial charge in [-0.1, -0.05) is 58.2 Å². The van der Waals surface area contributed by atoms with E-state index in [2.05, 4.69) is 10.5 Å². The highest BCUT2D eigenvalue weighted by Gasteiger charge is 2.42. The third-order valence-corrected chi connectivity index (χ3v) is 9.41. The maximum Gasteiger partial charge on any atom is 0.492 e. The normalized spacial score (nSPS) is 19.5. The number of nitrogens with one attached hydrogen (secondary N) is 1. The number of aromatic nitrogens is 1. The van der Waals surface area contributed by atoms with E-state index in [1.54, 1.807) is 18.2 Å². The Bertz CT molecular complexity index is 1780. The molecule has 0 spiro atoms. The lowest BCUT2D eigenvalue weighted by Gasteiger charge is -2.28. The van der Waals surface area contributed by atoms with Crippen molar-refractivity contribution in [3.63, 3.8) is 0 Å². The molecule has 216 valence electrons. The van der Waals surface area contributed by atoms with E-state index in [4.69, 9.17) is 44.3 Å². The number of pyridine rings is 1. The van der Waals surface area contributed by atoms with Crippen molar-refractivity contribution in [2.45, 2.75) is 57.8 Å². The summed E-state index contributed by atoms with van der Waals surface area (Å²) < 4.78 is 7.56.